The molecule has 5 N–H and O–H groups in total. The number of phenolic OH excluding ortho intramolecular Hbond substituents is 1. The van der Waals surface area contributed by atoms with Gasteiger partial charge in [-0.3, -0.25) is 0 Å². The number of halogens is 2. The van der Waals surface area contributed by atoms with Crippen LogP contribution in [0.1, 0.15) is 11.6 Å². The van der Waals surface area contributed by atoms with Gasteiger partial charge in [0, 0.05) is 5.56 Å². The number of hydrogen-bond donors (Lipinski definition) is 3. The van der Waals surface area contributed by atoms with Crippen LogP contribution >= 0.6 is 12.4 Å². The Balaban J connectivity index is 0.00000169. The minimum absolute atomic E-state index is 0. The number of hydrogen-bond acceptors (Lipinski definition) is 3. The van der Waals surface area contributed by atoms with Gasteiger partial charge < -0.3 is 16.6 Å². The molecule has 14 heavy (non-hydrogen) atoms. The number of rotatable bonds is 2. The number of nitrogen functional groups attached to an aromatic ring is 1. The predicted molar refractivity (Wildman–Crippen MR) is 56.9 cm³/mol. The van der Waals surface area contributed by atoms with Crippen LogP contribution in [-0.2, 0) is 0 Å². The molecule has 0 spiro atoms. The van der Waals surface area contributed by atoms with Crippen LogP contribution in [0.3, 0.4) is 0 Å². The van der Waals surface area contributed by atoms with Crippen molar-refractivity contribution in [2.45, 2.75) is 6.04 Å². The van der Waals surface area contributed by atoms with Crippen molar-refractivity contribution in [3.63, 3.8) is 0 Å². The van der Waals surface area contributed by atoms with Gasteiger partial charge in [0.15, 0.2) is 0 Å². The van der Waals surface area contributed by atoms with E-state index in [-0.39, 0.29) is 23.8 Å². The predicted octanol–water partition coefficient (Wildman–Crippen LogP) is 1.72. The van der Waals surface area contributed by atoms with E-state index in [0.29, 0.717) is 5.56 Å². The minimum Gasteiger partial charge on any atom is -0.505 e. The fourth-order valence-corrected chi connectivity index (χ4v) is 0.996. The summed E-state index contributed by atoms with van der Waals surface area (Å²) in [5.74, 6) is -0.968. The monoisotopic (exact) mass is 218 g/mol. The highest BCUT2D eigenvalue weighted by atomic mass is 35.5. The van der Waals surface area contributed by atoms with Crippen LogP contribution in [-0.4, -0.2) is 5.11 Å². The van der Waals surface area contributed by atoms with Crippen LogP contribution in [0.15, 0.2) is 24.8 Å². The van der Waals surface area contributed by atoms with Gasteiger partial charge in [0.25, 0.3) is 0 Å². The molecule has 0 radical (unpaired) electrons. The standard InChI is InChI=1S/C9H11FN2O.ClH/c1-2-7(11)5-3-4-6(10)8(12)9(5)13;/h2-4,7,13H,1,11-12H2;1H/t7-;/m1./s1. The lowest BCUT2D eigenvalue weighted by molar-refractivity contribution is 0.463. The molecule has 0 aliphatic rings. The summed E-state index contributed by atoms with van der Waals surface area (Å²) in [6, 6.07) is 2.00. The highest BCUT2D eigenvalue weighted by Gasteiger charge is 2.12. The van der Waals surface area contributed by atoms with E-state index in [2.05, 4.69) is 6.58 Å². The topological polar surface area (TPSA) is 72.3 Å². The van der Waals surface area contributed by atoms with Gasteiger partial charge in [0.05, 0.1) is 6.04 Å². The Morgan fingerprint density at radius 3 is 2.57 bits per heavy atom. The molecule has 3 nitrogen and oxygen atoms in total. The molecule has 0 bridgehead atoms. The zero-order chi connectivity index (χ0) is 10.0. The Morgan fingerprint density at radius 2 is 2.07 bits per heavy atom. The van der Waals surface area contributed by atoms with Gasteiger partial charge >= 0.3 is 0 Å². The van der Waals surface area contributed by atoms with E-state index < -0.39 is 11.9 Å². The van der Waals surface area contributed by atoms with E-state index in [1.165, 1.54) is 12.1 Å². The van der Waals surface area contributed by atoms with Crippen LogP contribution in [0, 0.1) is 5.82 Å². The first-order chi connectivity index (χ1) is 6.07. The quantitative estimate of drug-likeness (QED) is 0.402. The average Bonchev–Trinajstić information content (AvgIpc) is 2.13. The van der Waals surface area contributed by atoms with Crippen molar-refractivity contribution in [1.29, 1.82) is 0 Å². The average molecular weight is 219 g/mol. The first kappa shape index (κ1) is 12.7. The highest BCUT2D eigenvalue weighted by molar-refractivity contribution is 5.85. The van der Waals surface area contributed by atoms with Gasteiger partial charge in [-0.25, -0.2) is 4.39 Å². The SMILES string of the molecule is C=C[C@@H](N)c1ccc(F)c(N)c1O.Cl. The molecule has 0 saturated carbocycles. The number of benzene rings is 1. The molecular formula is C9H12ClFN2O. The summed E-state index contributed by atoms with van der Waals surface area (Å²) in [5, 5.41) is 9.39. The largest absolute Gasteiger partial charge is 0.505 e. The Hall–Kier alpha value is -1.26. The van der Waals surface area contributed by atoms with E-state index in [1.54, 1.807) is 0 Å². The summed E-state index contributed by atoms with van der Waals surface area (Å²) < 4.78 is 12.8. The van der Waals surface area contributed by atoms with E-state index >= 15 is 0 Å². The van der Waals surface area contributed by atoms with Gasteiger partial charge in [-0.1, -0.05) is 12.1 Å². The molecule has 0 amide bonds. The summed E-state index contributed by atoms with van der Waals surface area (Å²) in [6.07, 6.45) is 1.44. The van der Waals surface area contributed by atoms with Crippen molar-refractivity contribution in [3.8, 4) is 5.75 Å². The van der Waals surface area contributed by atoms with Crippen molar-refractivity contribution in [1.82, 2.24) is 0 Å². The third kappa shape index (κ3) is 2.16. The van der Waals surface area contributed by atoms with Crippen LogP contribution in [0.4, 0.5) is 10.1 Å². The second-order valence-corrected chi connectivity index (χ2v) is 2.66. The normalized spacial score (nSPS) is 11.6. The maximum Gasteiger partial charge on any atom is 0.149 e. The zero-order valence-corrected chi connectivity index (χ0v) is 8.22. The van der Waals surface area contributed by atoms with Crippen molar-refractivity contribution in [2.75, 3.05) is 5.73 Å². The van der Waals surface area contributed by atoms with E-state index in [1.807, 2.05) is 0 Å². The van der Waals surface area contributed by atoms with Gasteiger partial charge in [0.1, 0.15) is 17.3 Å². The summed E-state index contributed by atoms with van der Waals surface area (Å²) in [6.45, 7) is 3.46. The smallest absolute Gasteiger partial charge is 0.149 e. The van der Waals surface area contributed by atoms with Crippen molar-refractivity contribution < 1.29 is 9.50 Å². The summed E-state index contributed by atoms with van der Waals surface area (Å²) in [4.78, 5) is 0. The molecule has 0 aliphatic carbocycles. The van der Waals surface area contributed by atoms with Gasteiger partial charge in [-0.15, -0.1) is 19.0 Å². The summed E-state index contributed by atoms with van der Waals surface area (Å²) in [5.41, 5.74) is 10.9. The minimum atomic E-state index is -0.655. The molecule has 0 saturated heterocycles. The molecule has 78 valence electrons. The summed E-state index contributed by atoms with van der Waals surface area (Å²) >= 11 is 0. The molecule has 0 heterocycles. The third-order valence-electron chi connectivity index (χ3n) is 1.81. The van der Waals surface area contributed by atoms with E-state index in [4.69, 9.17) is 11.5 Å². The Labute approximate surface area is 87.6 Å². The maximum absolute atomic E-state index is 12.8. The van der Waals surface area contributed by atoms with E-state index in [9.17, 15) is 9.50 Å². The molecule has 1 atom stereocenters. The number of nitrogens with two attached hydrogens (primary N) is 2. The van der Waals surface area contributed by atoms with Crippen LogP contribution in [0.2, 0.25) is 0 Å². The Morgan fingerprint density at radius 1 is 1.50 bits per heavy atom. The molecule has 5 heteroatoms. The Bertz CT molecular complexity index is 344. The van der Waals surface area contributed by atoms with Crippen LogP contribution < -0.4 is 11.5 Å². The maximum atomic E-state index is 12.8. The van der Waals surface area contributed by atoms with Gasteiger partial charge in [-0.05, 0) is 6.07 Å². The number of phenols is 1. The van der Waals surface area contributed by atoms with E-state index in [0.717, 1.165) is 6.07 Å². The molecule has 0 unspecified atom stereocenters. The second kappa shape index (κ2) is 4.83. The first-order valence-corrected chi connectivity index (χ1v) is 3.73. The van der Waals surface area contributed by atoms with Crippen LogP contribution in [0.5, 0.6) is 5.75 Å². The fourth-order valence-electron chi connectivity index (χ4n) is 0.996. The lowest BCUT2D eigenvalue weighted by Crippen LogP contribution is -2.08. The second-order valence-electron chi connectivity index (χ2n) is 2.66. The molecule has 1 aromatic carbocycles. The number of anilines is 1. The Kier molecular flexibility index (Phi) is 4.40. The molecule has 1 rings (SSSR count). The highest BCUT2D eigenvalue weighted by Crippen LogP contribution is 2.31. The van der Waals surface area contributed by atoms with Gasteiger partial charge in [-0.2, -0.15) is 0 Å². The lowest BCUT2D eigenvalue weighted by atomic mass is 10.1. The third-order valence-corrected chi connectivity index (χ3v) is 1.81. The molecule has 1 aromatic rings. The van der Waals surface area contributed by atoms with Crippen molar-refractivity contribution in [3.05, 3.63) is 36.2 Å². The van der Waals surface area contributed by atoms with Crippen LogP contribution in [0.25, 0.3) is 0 Å². The fraction of sp³-hybridized carbons (Fsp3) is 0.111. The first-order valence-electron chi connectivity index (χ1n) is 3.73. The molecule has 0 fully saturated rings. The lowest BCUT2D eigenvalue weighted by Gasteiger charge is -2.10. The number of aromatic hydroxyl groups is 1. The summed E-state index contributed by atoms with van der Waals surface area (Å²) in [7, 11) is 0. The molecule has 0 aromatic heterocycles. The van der Waals surface area contributed by atoms with Gasteiger partial charge in [0.2, 0.25) is 0 Å². The van der Waals surface area contributed by atoms with Crippen molar-refractivity contribution >= 4 is 18.1 Å². The van der Waals surface area contributed by atoms with Crippen molar-refractivity contribution in [2.24, 2.45) is 5.73 Å². The zero-order valence-electron chi connectivity index (χ0n) is 7.40. The molecule has 0 aliphatic heterocycles. The molecular weight excluding hydrogens is 207 g/mol.